The molecular weight excluding hydrogens is 295 g/mol. The lowest BCUT2D eigenvalue weighted by molar-refractivity contribution is -0.130. The number of rotatable bonds is 5. The van der Waals surface area contributed by atoms with Crippen LogP contribution in [-0.4, -0.2) is 17.7 Å². The van der Waals surface area contributed by atoms with Crippen LogP contribution < -0.4 is 5.32 Å². The van der Waals surface area contributed by atoms with Crippen molar-refractivity contribution in [2.24, 2.45) is 5.92 Å². The molecule has 23 heavy (non-hydrogen) atoms. The van der Waals surface area contributed by atoms with Crippen molar-refractivity contribution in [1.29, 1.82) is 5.26 Å². The summed E-state index contributed by atoms with van der Waals surface area (Å²) < 4.78 is 12.8. The van der Waals surface area contributed by atoms with Crippen molar-refractivity contribution in [3.63, 3.8) is 0 Å². The summed E-state index contributed by atoms with van der Waals surface area (Å²) in [6.07, 6.45) is 7.73. The number of halogens is 1. The summed E-state index contributed by atoms with van der Waals surface area (Å²) in [5.41, 5.74) is 0.629. The summed E-state index contributed by atoms with van der Waals surface area (Å²) in [6, 6.07) is 7.41. The molecule has 1 aliphatic carbocycles. The van der Waals surface area contributed by atoms with Gasteiger partial charge in [0.25, 0.3) is 0 Å². The number of hydrogen-bond donors (Lipinski definition) is 1. The van der Waals surface area contributed by atoms with E-state index in [1.165, 1.54) is 36.4 Å². The third-order valence-corrected chi connectivity index (χ3v) is 3.94. The van der Waals surface area contributed by atoms with E-state index in [1.807, 2.05) is 0 Å². The molecule has 1 fully saturated rings. The summed E-state index contributed by atoms with van der Waals surface area (Å²) in [5.74, 6) is -2.80. The number of nitriles is 1. The number of carbonyl (C=O) groups excluding carboxylic acids is 2. The quantitative estimate of drug-likeness (QED) is 0.671. The summed E-state index contributed by atoms with van der Waals surface area (Å²) >= 11 is 0. The van der Waals surface area contributed by atoms with Crippen LogP contribution in [-0.2, 0) is 9.59 Å². The second-order valence-electron chi connectivity index (χ2n) is 5.69. The second-order valence-corrected chi connectivity index (χ2v) is 5.69. The smallest absolute Gasteiger partial charge is 0.245 e. The maximum Gasteiger partial charge on any atom is 0.245 e. The zero-order valence-corrected chi connectivity index (χ0v) is 12.8. The van der Waals surface area contributed by atoms with Gasteiger partial charge >= 0.3 is 0 Å². The van der Waals surface area contributed by atoms with Gasteiger partial charge in [-0.1, -0.05) is 37.5 Å². The van der Waals surface area contributed by atoms with Crippen molar-refractivity contribution >= 4 is 17.8 Å². The Kier molecular flexibility index (Phi) is 6.04. The molecule has 1 aliphatic rings. The molecule has 0 spiro atoms. The topological polar surface area (TPSA) is 70.0 Å². The molecule has 1 atom stereocenters. The van der Waals surface area contributed by atoms with Crippen LogP contribution in [0.2, 0.25) is 0 Å². The molecule has 1 saturated carbocycles. The monoisotopic (exact) mass is 314 g/mol. The minimum absolute atomic E-state index is 0.0565. The van der Waals surface area contributed by atoms with Crippen molar-refractivity contribution in [2.45, 2.75) is 38.1 Å². The lowest BCUT2D eigenvalue weighted by atomic mass is 9.94. The maximum atomic E-state index is 12.8. The number of allylic oxidation sites excluding steroid dienone is 1. The zero-order valence-electron chi connectivity index (χ0n) is 12.8. The first kappa shape index (κ1) is 16.9. The highest BCUT2D eigenvalue weighted by Gasteiger charge is 2.27. The highest BCUT2D eigenvalue weighted by molar-refractivity contribution is 6.10. The van der Waals surface area contributed by atoms with E-state index in [0.29, 0.717) is 5.56 Å². The molecule has 4 nitrogen and oxygen atoms in total. The van der Waals surface area contributed by atoms with Crippen LogP contribution in [0.4, 0.5) is 4.39 Å². The van der Waals surface area contributed by atoms with Crippen LogP contribution in [0.5, 0.6) is 0 Å². The molecule has 1 N–H and O–H groups in total. The van der Waals surface area contributed by atoms with Gasteiger partial charge in [0, 0.05) is 6.04 Å². The first-order valence-electron chi connectivity index (χ1n) is 7.77. The van der Waals surface area contributed by atoms with Gasteiger partial charge in [0.2, 0.25) is 5.91 Å². The third kappa shape index (κ3) is 5.03. The average Bonchev–Trinajstić information content (AvgIpc) is 2.56. The van der Waals surface area contributed by atoms with Gasteiger partial charge in [0.05, 0.1) is 6.07 Å². The van der Waals surface area contributed by atoms with E-state index in [4.69, 9.17) is 5.26 Å². The van der Waals surface area contributed by atoms with E-state index in [2.05, 4.69) is 5.32 Å². The lowest BCUT2D eigenvalue weighted by Gasteiger charge is -2.23. The van der Waals surface area contributed by atoms with Crippen LogP contribution in [0.1, 0.15) is 37.7 Å². The minimum Gasteiger partial charge on any atom is -0.352 e. The zero-order chi connectivity index (χ0) is 16.7. The van der Waals surface area contributed by atoms with Gasteiger partial charge in [0.1, 0.15) is 5.82 Å². The lowest BCUT2D eigenvalue weighted by Crippen LogP contribution is -2.41. The Bertz CT molecular complexity index is 625. The van der Waals surface area contributed by atoms with E-state index in [0.717, 1.165) is 32.1 Å². The van der Waals surface area contributed by atoms with Crippen molar-refractivity contribution in [2.75, 3.05) is 0 Å². The number of hydrogen-bond acceptors (Lipinski definition) is 3. The number of benzene rings is 1. The first-order chi connectivity index (χ1) is 11.1. The number of ketones is 1. The minimum atomic E-state index is -1.34. The Hall–Kier alpha value is -2.48. The third-order valence-electron chi connectivity index (χ3n) is 3.94. The number of amides is 1. The van der Waals surface area contributed by atoms with Crippen LogP contribution in [0.15, 0.2) is 30.3 Å². The molecule has 0 bridgehead atoms. The molecule has 5 heteroatoms. The molecule has 0 aromatic heterocycles. The number of nitrogens with zero attached hydrogens (tertiary/aromatic N) is 1. The summed E-state index contributed by atoms with van der Waals surface area (Å²) in [4.78, 5) is 24.2. The van der Waals surface area contributed by atoms with Crippen LogP contribution in [0.25, 0.3) is 6.08 Å². The Morgan fingerprint density at radius 1 is 1.22 bits per heavy atom. The van der Waals surface area contributed by atoms with E-state index >= 15 is 0 Å². The van der Waals surface area contributed by atoms with Gasteiger partial charge in [-0.25, -0.2) is 4.39 Å². The summed E-state index contributed by atoms with van der Waals surface area (Å²) in [5, 5.41) is 11.9. The maximum absolute atomic E-state index is 12.8. The number of carbonyl (C=O) groups is 2. The van der Waals surface area contributed by atoms with Crippen molar-refractivity contribution in [3.8, 4) is 6.07 Å². The number of nitrogens with one attached hydrogen (secondary N) is 1. The van der Waals surface area contributed by atoms with Gasteiger partial charge in [-0.05, 0) is 36.6 Å². The van der Waals surface area contributed by atoms with Gasteiger partial charge in [-0.15, -0.1) is 0 Å². The fourth-order valence-electron chi connectivity index (χ4n) is 2.63. The predicted octanol–water partition coefficient (Wildman–Crippen LogP) is 3.00. The van der Waals surface area contributed by atoms with E-state index in [9.17, 15) is 14.0 Å². The van der Waals surface area contributed by atoms with Crippen LogP contribution in [0, 0.1) is 23.1 Å². The fourth-order valence-corrected chi connectivity index (χ4v) is 2.63. The van der Waals surface area contributed by atoms with E-state index in [1.54, 1.807) is 6.07 Å². The molecule has 120 valence electrons. The average molecular weight is 314 g/mol. The fraction of sp³-hybridized carbons (Fsp3) is 0.389. The van der Waals surface area contributed by atoms with Gasteiger partial charge in [0.15, 0.2) is 11.7 Å². The second kappa shape index (κ2) is 8.23. The van der Waals surface area contributed by atoms with Gasteiger partial charge < -0.3 is 5.32 Å². The molecule has 0 aliphatic heterocycles. The molecule has 0 heterocycles. The van der Waals surface area contributed by atoms with Crippen LogP contribution in [0.3, 0.4) is 0 Å². The molecule has 1 aromatic carbocycles. The molecule has 1 aromatic rings. The van der Waals surface area contributed by atoms with Gasteiger partial charge in [-0.3, -0.25) is 9.59 Å². The first-order valence-corrected chi connectivity index (χ1v) is 7.77. The summed E-state index contributed by atoms with van der Waals surface area (Å²) in [7, 11) is 0. The standard InChI is InChI=1S/C18H19FN2O2/c19-14-9-6-13(7-10-14)8-11-17(22)16(12-20)18(23)21-15-4-2-1-3-5-15/h6-11,15-16H,1-5H2,(H,21,23)/b11-8+. The van der Waals surface area contributed by atoms with Gasteiger partial charge in [-0.2, -0.15) is 5.26 Å². The molecule has 0 saturated heterocycles. The Labute approximate surface area is 135 Å². The molecule has 0 radical (unpaired) electrons. The van der Waals surface area contributed by atoms with Crippen molar-refractivity contribution in [3.05, 3.63) is 41.7 Å². The van der Waals surface area contributed by atoms with Crippen molar-refractivity contribution < 1.29 is 14.0 Å². The normalized spacial score (nSPS) is 16.7. The highest BCUT2D eigenvalue weighted by Crippen LogP contribution is 2.18. The SMILES string of the molecule is N#CC(C(=O)/C=C/c1ccc(F)cc1)C(=O)NC1CCCCC1. The Balaban J connectivity index is 1.95. The van der Waals surface area contributed by atoms with Crippen LogP contribution >= 0.6 is 0 Å². The summed E-state index contributed by atoms with van der Waals surface area (Å²) in [6.45, 7) is 0. The van der Waals surface area contributed by atoms with Crippen molar-refractivity contribution in [1.82, 2.24) is 5.32 Å². The molecular formula is C18H19FN2O2. The van der Waals surface area contributed by atoms with E-state index < -0.39 is 17.6 Å². The molecule has 2 rings (SSSR count). The van der Waals surface area contributed by atoms with E-state index in [-0.39, 0.29) is 11.9 Å². The molecule has 1 unspecified atom stereocenters. The molecule has 1 amide bonds. The Morgan fingerprint density at radius 2 is 1.87 bits per heavy atom. The highest BCUT2D eigenvalue weighted by atomic mass is 19.1. The predicted molar refractivity (Wildman–Crippen MR) is 84.6 cm³/mol. The largest absolute Gasteiger partial charge is 0.352 e. The Morgan fingerprint density at radius 3 is 2.48 bits per heavy atom.